The van der Waals surface area contributed by atoms with Crippen molar-refractivity contribution in [3.05, 3.63) is 33.8 Å². The van der Waals surface area contributed by atoms with Gasteiger partial charge < -0.3 is 5.73 Å². The van der Waals surface area contributed by atoms with Gasteiger partial charge in [-0.25, -0.2) is 0 Å². The lowest BCUT2D eigenvalue weighted by Crippen LogP contribution is -2.25. The van der Waals surface area contributed by atoms with Gasteiger partial charge in [0.1, 0.15) is 0 Å². The Morgan fingerprint density at radius 3 is 2.53 bits per heavy atom. The van der Waals surface area contributed by atoms with Crippen LogP contribution >= 0.6 is 15.9 Å². The van der Waals surface area contributed by atoms with Crippen molar-refractivity contribution < 1.29 is 0 Å². The minimum absolute atomic E-state index is 0.191. The Hall–Kier alpha value is -0.340. The molecule has 94 valence electrons. The van der Waals surface area contributed by atoms with Crippen molar-refractivity contribution in [2.24, 2.45) is 17.6 Å². The van der Waals surface area contributed by atoms with Gasteiger partial charge in [0.05, 0.1) is 0 Å². The van der Waals surface area contributed by atoms with Crippen LogP contribution in [0.25, 0.3) is 0 Å². The predicted molar refractivity (Wildman–Crippen MR) is 76.9 cm³/mol. The van der Waals surface area contributed by atoms with Gasteiger partial charge >= 0.3 is 0 Å². The maximum Gasteiger partial charge on any atom is 0.0334 e. The monoisotopic (exact) mass is 295 g/mol. The Morgan fingerprint density at radius 1 is 1.24 bits per heavy atom. The van der Waals surface area contributed by atoms with Gasteiger partial charge in [0.15, 0.2) is 0 Å². The quantitative estimate of drug-likeness (QED) is 0.849. The number of nitrogens with two attached hydrogens (primary N) is 1. The molecule has 17 heavy (non-hydrogen) atoms. The number of halogens is 1. The van der Waals surface area contributed by atoms with Gasteiger partial charge in [-0.1, -0.05) is 53.4 Å². The molecule has 0 bridgehead atoms. The van der Waals surface area contributed by atoms with Crippen LogP contribution in [0.2, 0.25) is 0 Å². The lowest BCUT2D eigenvalue weighted by molar-refractivity contribution is 0.255. The Kier molecular flexibility index (Phi) is 4.26. The molecule has 1 unspecified atom stereocenters. The summed E-state index contributed by atoms with van der Waals surface area (Å²) in [6.07, 6.45) is 5.23. The van der Waals surface area contributed by atoms with Crippen molar-refractivity contribution in [2.45, 2.75) is 45.6 Å². The zero-order chi connectivity index (χ0) is 12.4. The van der Waals surface area contributed by atoms with E-state index in [1.807, 2.05) is 0 Å². The van der Waals surface area contributed by atoms with Crippen LogP contribution in [0.5, 0.6) is 0 Å². The first kappa shape index (κ1) is 13.1. The number of hydrogen-bond donors (Lipinski definition) is 1. The fourth-order valence-electron chi connectivity index (χ4n) is 2.82. The minimum atomic E-state index is 0.191. The minimum Gasteiger partial charge on any atom is -0.324 e. The maximum atomic E-state index is 6.45. The number of rotatable bonds is 2. The van der Waals surface area contributed by atoms with E-state index in [1.165, 1.54) is 36.8 Å². The van der Waals surface area contributed by atoms with Crippen molar-refractivity contribution >= 4 is 15.9 Å². The summed E-state index contributed by atoms with van der Waals surface area (Å²) in [5.41, 5.74) is 9.03. The molecule has 0 aromatic heterocycles. The van der Waals surface area contributed by atoms with Gasteiger partial charge in [-0.2, -0.15) is 0 Å². The second kappa shape index (κ2) is 5.53. The molecule has 0 amide bonds. The summed E-state index contributed by atoms with van der Waals surface area (Å²) in [4.78, 5) is 0. The van der Waals surface area contributed by atoms with Crippen molar-refractivity contribution in [1.82, 2.24) is 0 Å². The van der Waals surface area contributed by atoms with Gasteiger partial charge in [0.2, 0.25) is 0 Å². The second-order valence-electron chi connectivity index (χ2n) is 5.57. The lowest BCUT2D eigenvalue weighted by Gasteiger charge is -2.31. The summed E-state index contributed by atoms with van der Waals surface area (Å²) in [6.45, 7) is 4.48. The van der Waals surface area contributed by atoms with Crippen LogP contribution in [0.4, 0.5) is 0 Å². The number of hydrogen-bond acceptors (Lipinski definition) is 1. The molecule has 1 aromatic rings. The van der Waals surface area contributed by atoms with Crippen LogP contribution in [-0.4, -0.2) is 0 Å². The molecule has 2 heteroatoms. The molecule has 1 atom stereocenters. The van der Waals surface area contributed by atoms with E-state index in [2.05, 4.69) is 48.0 Å². The molecule has 0 aliphatic heterocycles. The average Bonchev–Trinajstić information content (AvgIpc) is 2.32. The summed E-state index contributed by atoms with van der Waals surface area (Å²) in [7, 11) is 0. The van der Waals surface area contributed by atoms with Gasteiger partial charge in [-0.05, 0) is 43.2 Å². The second-order valence-corrected chi connectivity index (χ2v) is 6.43. The molecule has 1 aliphatic rings. The van der Waals surface area contributed by atoms with E-state index in [4.69, 9.17) is 5.73 Å². The standard InChI is InChI=1S/C15H22BrN/c1-10-3-6-12(7-4-10)15(17)13-9-11(2)5-8-14(13)16/h5,8-10,12,15H,3-4,6-7,17H2,1-2H3. The first-order valence-electron chi connectivity index (χ1n) is 6.59. The maximum absolute atomic E-state index is 6.45. The first-order valence-corrected chi connectivity index (χ1v) is 7.39. The van der Waals surface area contributed by atoms with Crippen molar-refractivity contribution in [3.8, 4) is 0 Å². The molecule has 1 fully saturated rings. The average molecular weight is 296 g/mol. The van der Waals surface area contributed by atoms with Gasteiger partial charge in [0, 0.05) is 10.5 Å². The predicted octanol–water partition coefficient (Wildman–Crippen LogP) is 4.58. The fourth-order valence-corrected chi connectivity index (χ4v) is 3.33. The summed E-state index contributed by atoms with van der Waals surface area (Å²) in [5, 5.41) is 0. The summed E-state index contributed by atoms with van der Waals surface area (Å²) in [5.74, 6) is 1.55. The zero-order valence-corrected chi connectivity index (χ0v) is 12.3. The van der Waals surface area contributed by atoms with Crippen LogP contribution in [-0.2, 0) is 0 Å². The van der Waals surface area contributed by atoms with E-state index in [0.717, 1.165) is 10.4 Å². The summed E-state index contributed by atoms with van der Waals surface area (Å²) in [6, 6.07) is 6.67. The topological polar surface area (TPSA) is 26.0 Å². The molecule has 0 spiro atoms. The normalized spacial score (nSPS) is 26.8. The van der Waals surface area contributed by atoms with Gasteiger partial charge in [-0.3, -0.25) is 0 Å². The third-order valence-corrected chi connectivity index (χ3v) is 4.80. The molecule has 1 saturated carbocycles. The third-order valence-electron chi connectivity index (χ3n) is 4.08. The van der Waals surface area contributed by atoms with E-state index in [9.17, 15) is 0 Å². The lowest BCUT2D eigenvalue weighted by atomic mass is 9.77. The molecule has 2 rings (SSSR count). The number of aryl methyl sites for hydroxylation is 1. The highest BCUT2D eigenvalue weighted by Crippen LogP contribution is 2.37. The Balaban J connectivity index is 2.13. The summed E-state index contributed by atoms with van der Waals surface area (Å²) < 4.78 is 1.16. The van der Waals surface area contributed by atoms with E-state index < -0.39 is 0 Å². The van der Waals surface area contributed by atoms with Crippen molar-refractivity contribution in [3.63, 3.8) is 0 Å². The third kappa shape index (κ3) is 3.11. The highest BCUT2D eigenvalue weighted by Gasteiger charge is 2.25. The molecule has 0 saturated heterocycles. The van der Waals surface area contributed by atoms with Gasteiger partial charge in [-0.15, -0.1) is 0 Å². The SMILES string of the molecule is Cc1ccc(Br)c(C(N)C2CCC(C)CC2)c1. The van der Waals surface area contributed by atoms with E-state index in [0.29, 0.717) is 5.92 Å². The Bertz CT molecular complexity index is 381. The van der Waals surface area contributed by atoms with Crippen molar-refractivity contribution in [2.75, 3.05) is 0 Å². The molecule has 1 nitrogen and oxygen atoms in total. The van der Waals surface area contributed by atoms with Crippen LogP contribution in [0.15, 0.2) is 22.7 Å². The first-order chi connectivity index (χ1) is 8.08. The van der Waals surface area contributed by atoms with Crippen molar-refractivity contribution in [1.29, 1.82) is 0 Å². The van der Waals surface area contributed by atoms with E-state index in [-0.39, 0.29) is 6.04 Å². The van der Waals surface area contributed by atoms with Crippen LogP contribution in [0, 0.1) is 18.8 Å². The largest absolute Gasteiger partial charge is 0.324 e. The van der Waals surface area contributed by atoms with Gasteiger partial charge in [0.25, 0.3) is 0 Å². The fraction of sp³-hybridized carbons (Fsp3) is 0.600. The molecule has 2 N–H and O–H groups in total. The highest BCUT2D eigenvalue weighted by molar-refractivity contribution is 9.10. The zero-order valence-electron chi connectivity index (χ0n) is 10.7. The van der Waals surface area contributed by atoms with Crippen LogP contribution in [0.1, 0.15) is 49.8 Å². The van der Waals surface area contributed by atoms with Crippen LogP contribution < -0.4 is 5.73 Å². The molecule has 0 radical (unpaired) electrons. The Labute approximate surface area is 113 Å². The molecule has 1 aliphatic carbocycles. The van der Waals surface area contributed by atoms with E-state index >= 15 is 0 Å². The van der Waals surface area contributed by atoms with Crippen LogP contribution in [0.3, 0.4) is 0 Å². The molecular formula is C15H22BrN. The molecule has 1 aromatic carbocycles. The summed E-state index contributed by atoms with van der Waals surface area (Å²) >= 11 is 3.63. The smallest absolute Gasteiger partial charge is 0.0334 e. The highest BCUT2D eigenvalue weighted by atomic mass is 79.9. The molecule has 0 heterocycles. The van der Waals surface area contributed by atoms with E-state index in [1.54, 1.807) is 0 Å². The number of benzene rings is 1. The molecular weight excluding hydrogens is 274 g/mol. The Morgan fingerprint density at radius 2 is 1.88 bits per heavy atom.